The number of nitrogen functional groups attached to an aromatic ring is 1. The Kier molecular flexibility index (Phi) is 4.00. The molecule has 0 aliphatic carbocycles. The van der Waals surface area contributed by atoms with Crippen molar-refractivity contribution in [3.8, 4) is 0 Å². The van der Waals surface area contributed by atoms with Crippen LogP contribution in [0.25, 0.3) is 0 Å². The van der Waals surface area contributed by atoms with Crippen LogP contribution in [0.2, 0.25) is 0 Å². The lowest BCUT2D eigenvalue weighted by molar-refractivity contribution is -0.137. The Morgan fingerprint density at radius 3 is 2.43 bits per heavy atom. The molecule has 0 amide bonds. The van der Waals surface area contributed by atoms with Gasteiger partial charge in [0.05, 0.1) is 11.3 Å². The van der Waals surface area contributed by atoms with Gasteiger partial charge in [-0.25, -0.2) is 4.98 Å². The van der Waals surface area contributed by atoms with Crippen LogP contribution in [-0.4, -0.2) is 12.0 Å². The summed E-state index contributed by atoms with van der Waals surface area (Å²) in [6, 6.07) is 0.919. The molecule has 1 aromatic heterocycles. The highest BCUT2D eigenvalue weighted by molar-refractivity contribution is 5.85. The highest BCUT2D eigenvalue weighted by atomic mass is 35.5. The Hall–Kier alpha value is -1.17. The summed E-state index contributed by atoms with van der Waals surface area (Å²) in [5.74, 6) is 0.0514. The molecule has 0 atom stereocenters. The second-order valence-corrected chi connectivity index (χ2v) is 2.40. The van der Waals surface area contributed by atoms with E-state index in [0.717, 1.165) is 6.07 Å². The third-order valence-electron chi connectivity index (χ3n) is 1.52. The van der Waals surface area contributed by atoms with E-state index in [1.807, 2.05) is 0 Å². The normalized spacial score (nSPS) is 10.6. The maximum Gasteiger partial charge on any atom is 0.417 e. The molecule has 0 aliphatic rings. The molecule has 1 heterocycles. The van der Waals surface area contributed by atoms with Crippen LogP contribution in [-0.2, 0) is 6.18 Å². The summed E-state index contributed by atoms with van der Waals surface area (Å²) in [6.07, 6.45) is -3.68. The zero-order chi connectivity index (χ0) is 10.1. The Morgan fingerprint density at radius 1 is 1.43 bits per heavy atom. The minimum Gasteiger partial charge on any atom is -0.385 e. The van der Waals surface area contributed by atoms with E-state index in [1.165, 1.54) is 7.05 Å². The summed E-state index contributed by atoms with van der Waals surface area (Å²) in [6.45, 7) is 0. The van der Waals surface area contributed by atoms with Crippen molar-refractivity contribution in [2.45, 2.75) is 6.18 Å². The van der Waals surface area contributed by atoms with Gasteiger partial charge in [-0.15, -0.1) is 12.4 Å². The lowest BCUT2D eigenvalue weighted by Crippen LogP contribution is -2.08. The van der Waals surface area contributed by atoms with Gasteiger partial charge in [0.15, 0.2) is 0 Å². The van der Waals surface area contributed by atoms with E-state index in [1.54, 1.807) is 0 Å². The largest absolute Gasteiger partial charge is 0.417 e. The van der Waals surface area contributed by atoms with Crippen molar-refractivity contribution in [2.75, 3.05) is 18.1 Å². The first-order valence-electron chi connectivity index (χ1n) is 3.45. The highest BCUT2D eigenvalue weighted by Crippen LogP contribution is 2.31. The average molecular weight is 228 g/mol. The SMILES string of the molecule is CNc1cc(C(F)(F)F)cnc1N.Cl. The van der Waals surface area contributed by atoms with Gasteiger partial charge in [-0.2, -0.15) is 13.2 Å². The van der Waals surface area contributed by atoms with Gasteiger partial charge in [0.2, 0.25) is 0 Å². The fraction of sp³-hybridized carbons (Fsp3) is 0.286. The molecule has 0 fully saturated rings. The minimum absolute atomic E-state index is 0. The molecule has 80 valence electrons. The number of hydrogen-bond acceptors (Lipinski definition) is 3. The van der Waals surface area contributed by atoms with E-state index in [9.17, 15) is 13.2 Å². The number of nitrogens with zero attached hydrogens (tertiary/aromatic N) is 1. The number of pyridine rings is 1. The molecule has 1 rings (SSSR count). The quantitative estimate of drug-likeness (QED) is 0.773. The molecule has 0 spiro atoms. The number of alkyl halides is 3. The van der Waals surface area contributed by atoms with Crippen molar-refractivity contribution in [1.29, 1.82) is 0 Å². The molecule has 14 heavy (non-hydrogen) atoms. The molecule has 0 saturated carbocycles. The number of aromatic nitrogens is 1. The van der Waals surface area contributed by atoms with Crippen LogP contribution in [0.5, 0.6) is 0 Å². The minimum atomic E-state index is -4.38. The number of nitrogens with two attached hydrogens (primary N) is 1. The van der Waals surface area contributed by atoms with E-state index >= 15 is 0 Å². The lowest BCUT2D eigenvalue weighted by atomic mass is 10.2. The molecular formula is C7H9ClF3N3. The molecule has 3 N–H and O–H groups in total. The maximum absolute atomic E-state index is 12.1. The second-order valence-electron chi connectivity index (χ2n) is 2.40. The summed E-state index contributed by atoms with van der Waals surface area (Å²) < 4.78 is 36.4. The third-order valence-corrected chi connectivity index (χ3v) is 1.52. The van der Waals surface area contributed by atoms with Crippen LogP contribution in [0, 0.1) is 0 Å². The van der Waals surface area contributed by atoms with Gasteiger partial charge in [-0.3, -0.25) is 0 Å². The first-order chi connectivity index (χ1) is 5.95. The lowest BCUT2D eigenvalue weighted by Gasteiger charge is -2.09. The molecule has 3 nitrogen and oxygen atoms in total. The van der Waals surface area contributed by atoms with Gasteiger partial charge >= 0.3 is 6.18 Å². The van der Waals surface area contributed by atoms with Crippen molar-refractivity contribution < 1.29 is 13.2 Å². The van der Waals surface area contributed by atoms with Gasteiger partial charge in [0.1, 0.15) is 5.82 Å². The zero-order valence-electron chi connectivity index (χ0n) is 7.22. The first-order valence-corrected chi connectivity index (χ1v) is 3.45. The number of rotatable bonds is 1. The average Bonchev–Trinajstić information content (AvgIpc) is 2.03. The Balaban J connectivity index is 0.00000169. The Bertz CT molecular complexity index is 314. The fourth-order valence-corrected chi connectivity index (χ4v) is 0.831. The molecule has 0 radical (unpaired) electrons. The monoisotopic (exact) mass is 227 g/mol. The van der Waals surface area contributed by atoms with Gasteiger partial charge in [-0.1, -0.05) is 0 Å². The number of nitrogens with one attached hydrogen (secondary N) is 1. The van der Waals surface area contributed by atoms with Crippen LogP contribution in [0.15, 0.2) is 12.3 Å². The molecular weight excluding hydrogens is 219 g/mol. The van der Waals surface area contributed by atoms with Gasteiger partial charge in [-0.05, 0) is 6.07 Å². The van der Waals surface area contributed by atoms with E-state index in [2.05, 4.69) is 10.3 Å². The molecule has 0 aliphatic heterocycles. The standard InChI is InChI=1S/C7H8F3N3.ClH/c1-12-5-2-4(7(8,9)10)3-13-6(5)11;/h2-3,12H,1H3,(H2,11,13);1H. The van der Waals surface area contributed by atoms with E-state index < -0.39 is 11.7 Å². The van der Waals surface area contributed by atoms with Gasteiger partial charge in [0.25, 0.3) is 0 Å². The molecule has 0 unspecified atom stereocenters. The van der Waals surface area contributed by atoms with E-state index in [0.29, 0.717) is 6.20 Å². The van der Waals surface area contributed by atoms with Crippen LogP contribution in [0.3, 0.4) is 0 Å². The summed E-state index contributed by atoms with van der Waals surface area (Å²) in [7, 11) is 1.48. The number of hydrogen-bond donors (Lipinski definition) is 2. The van der Waals surface area contributed by atoms with Crippen molar-refractivity contribution in [3.05, 3.63) is 17.8 Å². The highest BCUT2D eigenvalue weighted by Gasteiger charge is 2.31. The Morgan fingerprint density at radius 2 is 2.00 bits per heavy atom. The van der Waals surface area contributed by atoms with Crippen molar-refractivity contribution in [2.24, 2.45) is 0 Å². The van der Waals surface area contributed by atoms with Gasteiger partial charge in [0, 0.05) is 13.2 Å². The summed E-state index contributed by atoms with van der Waals surface area (Å²) >= 11 is 0. The second kappa shape index (κ2) is 4.36. The molecule has 0 saturated heterocycles. The predicted octanol–water partition coefficient (Wildman–Crippen LogP) is 2.15. The number of anilines is 2. The van der Waals surface area contributed by atoms with Crippen LogP contribution in [0.4, 0.5) is 24.7 Å². The summed E-state index contributed by atoms with van der Waals surface area (Å²) in [5.41, 5.74) is 4.66. The van der Waals surface area contributed by atoms with E-state index in [-0.39, 0.29) is 23.9 Å². The topological polar surface area (TPSA) is 50.9 Å². The van der Waals surface area contributed by atoms with Crippen LogP contribution in [0.1, 0.15) is 5.56 Å². The summed E-state index contributed by atoms with van der Waals surface area (Å²) in [5, 5.41) is 2.52. The van der Waals surface area contributed by atoms with Crippen molar-refractivity contribution >= 4 is 23.9 Å². The molecule has 7 heteroatoms. The first kappa shape index (κ1) is 12.8. The predicted molar refractivity (Wildman–Crippen MR) is 50.4 cm³/mol. The van der Waals surface area contributed by atoms with E-state index in [4.69, 9.17) is 5.73 Å². The van der Waals surface area contributed by atoms with Crippen molar-refractivity contribution in [3.63, 3.8) is 0 Å². The molecule has 0 aromatic carbocycles. The smallest absolute Gasteiger partial charge is 0.385 e. The van der Waals surface area contributed by atoms with Crippen LogP contribution < -0.4 is 11.1 Å². The summed E-state index contributed by atoms with van der Waals surface area (Å²) in [4.78, 5) is 3.41. The zero-order valence-corrected chi connectivity index (χ0v) is 8.04. The fourth-order valence-electron chi connectivity index (χ4n) is 0.831. The molecule has 1 aromatic rings. The Labute approximate surface area is 84.9 Å². The van der Waals surface area contributed by atoms with Crippen LogP contribution >= 0.6 is 12.4 Å². The molecule has 0 bridgehead atoms. The maximum atomic E-state index is 12.1. The van der Waals surface area contributed by atoms with Gasteiger partial charge < -0.3 is 11.1 Å². The number of halogens is 4. The van der Waals surface area contributed by atoms with Crippen molar-refractivity contribution in [1.82, 2.24) is 4.98 Å². The third kappa shape index (κ3) is 2.66.